The van der Waals surface area contributed by atoms with Gasteiger partial charge in [0.05, 0.1) is 14.2 Å². The molecule has 0 spiro atoms. The van der Waals surface area contributed by atoms with Gasteiger partial charge in [-0.05, 0) is 35.5 Å². The molecule has 1 aliphatic heterocycles. The topological polar surface area (TPSA) is 77.0 Å². The van der Waals surface area contributed by atoms with Crippen LogP contribution in [0.5, 0.6) is 11.5 Å². The molecular formula is C12H12N2O4S. The largest absolute Gasteiger partial charge is 0.493 e. The Morgan fingerprint density at radius 1 is 1.26 bits per heavy atom. The van der Waals surface area contributed by atoms with E-state index < -0.39 is 11.3 Å². The van der Waals surface area contributed by atoms with Gasteiger partial charge in [0.1, 0.15) is 0 Å². The summed E-state index contributed by atoms with van der Waals surface area (Å²) >= 11 is 0.857. The number of hydrogen-bond acceptors (Lipinski definition) is 6. The van der Waals surface area contributed by atoms with Crippen LogP contribution in [0, 0.1) is 0 Å². The number of nitrogens with zero attached hydrogens (tertiary/aromatic N) is 1. The van der Waals surface area contributed by atoms with E-state index in [1.807, 2.05) is 0 Å². The van der Waals surface area contributed by atoms with Gasteiger partial charge >= 0.3 is 0 Å². The van der Waals surface area contributed by atoms with E-state index in [0.717, 1.165) is 17.3 Å². The van der Waals surface area contributed by atoms with Gasteiger partial charge in [0.25, 0.3) is 11.1 Å². The van der Waals surface area contributed by atoms with E-state index in [9.17, 15) is 9.59 Å². The van der Waals surface area contributed by atoms with Crippen LogP contribution in [0.1, 0.15) is 5.56 Å². The van der Waals surface area contributed by atoms with Crippen molar-refractivity contribution in [3.05, 3.63) is 23.8 Å². The highest BCUT2D eigenvalue weighted by atomic mass is 32.2. The normalized spacial score (nSPS) is 18.7. The van der Waals surface area contributed by atoms with Crippen LogP contribution in [0.3, 0.4) is 0 Å². The average molecular weight is 280 g/mol. The van der Waals surface area contributed by atoms with Crippen molar-refractivity contribution in [3.63, 3.8) is 0 Å². The zero-order valence-corrected chi connectivity index (χ0v) is 11.2. The lowest BCUT2D eigenvalue weighted by atomic mass is 10.2. The van der Waals surface area contributed by atoms with Crippen molar-refractivity contribution in [2.75, 3.05) is 14.2 Å². The van der Waals surface area contributed by atoms with Gasteiger partial charge in [-0.1, -0.05) is 0 Å². The lowest BCUT2D eigenvalue weighted by Gasteiger charge is -2.07. The van der Waals surface area contributed by atoms with Crippen molar-refractivity contribution in [2.24, 2.45) is 4.99 Å². The first kappa shape index (κ1) is 13.4. The molecule has 0 radical (unpaired) electrons. The van der Waals surface area contributed by atoms with E-state index in [1.54, 1.807) is 25.3 Å². The SMILES string of the molecule is COc1ccc(C=NC2SC(=O)NC2=O)cc1OC. The van der Waals surface area contributed by atoms with Crippen LogP contribution in [0.15, 0.2) is 23.2 Å². The molecule has 1 aliphatic rings. The molecule has 2 rings (SSSR count). The molecule has 6 nitrogen and oxygen atoms in total. The number of aliphatic imine (C=N–C) groups is 1. The monoisotopic (exact) mass is 280 g/mol. The Balaban J connectivity index is 2.15. The summed E-state index contributed by atoms with van der Waals surface area (Å²) in [6.45, 7) is 0. The summed E-state index contributed by atoms with van der Waals surface area (Å²) in [7, 11) is 3.09. The zero-order chi connectivity index (χ0) is 13.8. The van der Waals surface area contributed by atoms with E-state index >= 15 is 0 Å². The van der Waals surface area contributed by atoms with Crippen LogP contribution in [0.25, 0.3) is 0 Å². The highest BCUT2D eigenvalue weighted by Crippen LogP contribution is 2.27. The molecule has 0 saturated carbocycles. The van der Waals surface area contributed by atoms with Gasteiger partial charge in [-0.2, -0.15) is 0 Å². The first-order valence-corrected chi connectivity index (χ1v) is 6.28. The molecule has 1 unspecified atom stereocenters. The predicted molar refractivity (Wildman–Crippen MR) is 72.1 cm³/mol. The second-order valence-electron chi connectivity index (χ2n) is 3.64. The third kappa shape index (κ3) is 3.05. The van der Waals surface area contributed by atoms with Gasteiger partial charge in [-0.25, -0.2) is 0 Å². The maximum absolute atomic E-state index is 11.3. The number of imide groups is 1. The number of nitrogens with one attached hydrogen (secondary N) is 1. The summed E-state index contributed by atoms with van der Waals surface area (Å²) in [6, 6.07) is 5.26. The molecule has 1 fully saturated rings. The van der Waals surface area contributed by atoms with E-state index in [4.69, 9.17) is 9.47 Å². The van der Waals surface area contributed by atoms with Crippen molar-refractivity contribution >= 4 is 29.1 Å². The zero-order valence-electron chi connectivity index (χ0n) is 10.4. The Bertz CT molecular complexity index is 545. The average Bonchev–Trinajstić information content (AvgIpc) is 2.74. The molecule has 1 N–H and O–H groups in total. The molecular weight excluding hydrogens is 268 g/mol. The third-order valence-electron chi connectivity index (χ3n) is 2.43. The minimum Gasteiger partial charge on any atom is -0.493 e. The molecule has 0 bridgehead atoms. The molecule has 0 aromatic heterocycles. The van der Waals surface area contributed by atoms with Gasteiger partial charge in [-0.3, -0.25) is 19.9 Å². The number of amides is 2. The third-order valence-corrected chi connectivity index (χ3v) is 3.31. The minimum absolute atomic E-state index is 0.375. The van der Waals surface area contributed by atoms with Crippen molar-refractivity contribution in [1.82, 2.24) is 5.32 Å². The van der Waals surface area contributed by atoms with Gasteiger partial charge in [-0.15, -0.1) is 0 Å². The van der Waals surface area contributed by atoms with Gasteiger partial charge in [0, 0.05) is 6.21 Å². The highest BCUT2D eigenvalue weighted by molar-refractivity contribution is 8.15. The number of ether oxygens (including phenoxy) is 2. The molecule has 2 amide bonds. The number of hydrogen-bond donors (Lipinski definition) is 1. The minimum atomic E-state index is -0.722. The number of thioether (sulfide) groups is 1. The highest BCUT2D eigenvalue weighted by Gasteiger charge is 2.30. The number of benzene rings is 1. The quantitative estimate of drug-likeness (QED) is 0.844. The van der Waals surface area contributed by atoms with Gasteiger partial charge < -0.3 is 9.47 Å². The first-order valence-electron chi connectivity index (χ1n) is 5.40. The molecule has 1 aromatic rings. The fourth-order valence-electron chi connectivity index (χ4n) is 1.53. The summed E-state index contributed by atoms with van der Waals surface area (Å²) in [5.41, 5.74) is 0.755. The maximum Gasteiger partial charge on any atom is 0.288 e. The van der Waals surface area contributed by atoms with Gasteiger partial charge in [0.2, 0.25) is 0 Å². The van der Waals surface area contributed by atoms with E-state index in [-0.39, 0.29) is 5.24 Å². The number of rotatable bonds is 4. The lowest BCUT2D eigenvalue weighted by molar-refractivity contribution is -0.118. The smallest absolute Gasteiger partial charge is 0.288 e. The fraction of sp³-hybridized carbons (Fsp3) is 0.250. The number of carbonyl (C=O) groups is 2. The van der Waals surface area contributed by atoms with Crippen LogP contribution in [-0.2, 0) is 4.79 Å². The summed E-state index contributed by atoms with van der Waals surface area (Å²) < 4.78 is 10.3. The van der Waals surface area contributed by atoms with Crippen LogP contribution in [-0.4, -0.2) is 37.0 Å². The van der Waals surface area contributed by atoms with Crippen molar-refractivity contribution < 1.29 is 19.1 Å². The van der Waals surface area contributed by atoms with Crippen LogP contribution in [0.4, 0.5) is 4.79 Å². The second kappa shape index (κ2) is 5.75. The van der Waals surface area contributed by atoms with Crippen molar-refractivity contribution in [3.8, 4) is 11.5 Å². The molecule has 19 heavy (non-hydrogen) atoms. The van der Waals surface area contributed by atoms with Gasteiger partial charge in [0.15, 0.2) is 16.9 Å². The fourth-order valence-corrected chi connectivity index (χ4v) is 2.18. The van der Waals surface area contributed by atoms with E-state index in [0.29, 0.717) is 11.5 Å². The maximum atomic E-state index is 11.3. The standard InChI is InChI=1S/C12H12N2O4S/c1-17-8-4-3-7(5-9(8)18-2)6-13-11-10(15)14-12(16)19-11/h3-6,11H,1-2H3,(H,14,15,16). The Hall–Kier alpha value is -2.02. The van der Waals surface area contributed by atoms with E-state index in [2.05, 4.69) is 10.3 Å². The second-order valence-corrected chi connectivity index (χ2v) is 4.69. The molecule has 7 heteroatoms. The Kier molecular flexibility index (Phi) is 4.06. The summed E-state index contributed by atoms with van der Waals surface area (Å²) in [5, 5.41) is 1.07. The molecule has 1 aromatic carbocycles. The van der Waals surface area contributed by atoms with Crippen LogP contribution < -0.4 is 14.8 Å². The molecule has 1 saturated heterocycles. The molecule has 100 valence electrons. The van der Waals surface area contributed by atoms with E-state index in [1.165, 1.54) is 13.3 Å². The Morgan fingerprint density at radius 2 is 2.00 bits per heavy atom. The first-order chi connectivity index (χ1) is 9.13. The van der Waals surface area contributed by atoms with Crippen LogP contribution in [0.2, 0.25) is 0 Å². The van der Waals surface area contributed by atoms with Crippen molar-refractivity contribution in [2.45, 2.75) is 5.37 Å². The molecule has 1 heterocycles. The number of carbonyl (C=O) groups excluding carboxylic acids is 2. The summed E-state index contributed by atoms with van der Waals surface area (Å²) in [6.07, 6.45) is 1.53. The van der Waals surface area contributed by atoms with Crippen molar-refractivity contribution in [1.29, 1.82) is 0 Å². The molecule has 1 atom stereocenters. The predicted octanol–water partition coefficient (Wildman–Crippen LogP) is 1.43. The summed E-state index contributed by atoms with van der Waals surface area (Å²) in [5.74, 6) is 0.792. The van der Waals surface area contributed by atoms with Crippen LogP contribution >= 0.6 is 11.8 Å². The summed E-state index contributed by atoms with van der Waals surface area (Å²) in [4.78, 5) is 26.4. The molecule has 0 aliphatic carbocycles. The lowest BCUT2D eigenvalue weighted by Crippen LogP contribution is -2.23. The Labute approximate surface area is 114 Å². The Morgan fingerprint density at radius 3 is 2.58 bits per heavy atom. The number of methoxy groups -OCH3 is 2.